The Morgan fingerprint density at radius 1 is 0.315 bits per heavy atom. The van der Waals surface area contributed by atoms with E-state index < -0.39 is 0 Å². The highest BCUT2D eigenvalue weighted by atomic mass is 15.1. The summed E-state index contributed by atoms with van der Waals surface area (Å²) in [6.45, 7) is 0. The molecule has 4 heteroatoms. The zero-order valence-corrected chi connectivity index (χ0v) is 30.1. The van der Waals surface area contributed by atoms with Gasteiger partial charge in [-0.05, 0) is 91.7 Å². The van der Waals surface area contributed by atoms with Crippen molar-refractivity contribution in [2.45, 2.75) is 0 Å². The molecule has 8 aromatic carbocycles. The summed E-state index contributed by atoms with van der Waals surface area (Å²) in [5.74, 6) is 1.91. The van der Waals surface area contributed by atoms with E-state index in [1.807, 2.05) is 12.1 Å². The van der Waals surface area contributed by atoms with E-state index in [2.05, 4.69) is 193 Å². The molecule has 0 atom stereocenters. The van der Waals surface area contributed by atoms with Crippen molar-refractivity contribution in [1.82, 2.24) is 19.1 Å². The van der Waals surface area contributed by atoms with Gasteiger partial charge in [0, 0.05) is 25.2 Å². The molecule has 10 aromatic rings. The number of imidazole rings is 2. The van der Waals surface area contributed by atoms with E-state index in [1.54, 1.807) is 0 Å². The molecule has 10 rings (SSSR count). The summed E-state index contributed by atoms with van der Waals surface area (Å²) in [5.41, 5.74) is 15.9. The summed E-state index contributed by atoms with van der Waals surface area (Å²) in [5, 5.41) is 2.42. The maximum atomic E-state index is 5.05. The molecule has 54 heavy (non-hydrogen) atoms. The maximum absolute atomic E-state index is 5.05. The van der Waals surface area contributed by atoms with Gasteiger partial charge in [-0.25, -0.2) is 9.97 Å². The Balaban J connectivity index is 1.16. The van der Waals surface area contributed by atoms with Crippen LogP contribution in [-0.2, 0) is 14.1 Å². The number of nitrogens with zero attached hydrogens (tertiary/aromatic N) is 4. The first-order valence-corrected chi connectivity index (χ1v) is 18.4. The lowest BCUT2D eigenvalue weighted by molar-refractivity contribution is 0.959. The van der Waals surface area contributed by atoms with Crippen molar-refractivity contribution in [3.8, 4) is 67.3 Å². The van der Waals surface area contributed by atoms with E-state index in [1.165, 1.54) is 55.3 Å². The topological polar surface area (TPSA) is 35.6 Å². The Morgan fingerprint density at radius 3 is 1.15 bits per heavy atom. The summed E-state index contributed by atoms with van der Waals surface area (Å²) in [6, 6.07) is 65.1. The molecule has 0 aliphatic carbocycles. The second kappa shape index (κ2) is 12.9. The van der Waals surface area contributed by atoms with Gasteiger partial charge < -0.3 is 9.13 Å². The van der Waals surface area contributed by atoms with Crippen LogP contribution in [0.1, 0.15) is 0 Å². The Hall–Kier alpha value is -7.04. The molecule has 2 heterocycles. The van der Waals surface area contributed by atoms with Gasteiger partial charge in [-0.1, -0.05) is 146 Å². The second-order valence-corrected chi connectivity index (χ2v) is 13.9. The van der Waals surface area contributed by atoms with E-state index >= 15 is 0 Å². The molecule has 0 N–H and O–H groups in total. The van der Waals surface area contributed by atoms with Crippen molar-refractivity contribution >= 4 is 32.8 Å². The molecule has 0 radical (unpaired) electrons. The third kappa shape index (κ3) is 5.22. The molecule has 256 valence electrons. The van der Waals surface area contributed by atoms with Crippen molar-refractivity contribution in [1.29, 1.82) is 0 Å². The van der Waals surface area contributed by atoms with Crippen molar-refractivity contribution in [3.05, 3.63) is 182 Å². The molecule has 2 aromatic heterocycles. The summed E-state index contributed by atoms with van der Waals surface area (Å²) in [4.78, 5) is 10.1. The predicted octanol–water partition coefficient (Wildman–Crippen LogP) is 12.6. The highest BCUT2D eigenvalue weighted by Gasteiger charge is 2.19. The first kappa shape index (κ1) is 31.7. The fourth-order valence-electron chi connectivity index (χ4n) is 8.14. The number of benzene rings is 8. The Bertz CT molecular complexity index is 2800. The van der Waals surface area contributed by atoms with E-state index in [0.29, 0.717) is 0 Å². The zero-order valence-electron chi connectivity index (χ0n) is 30.1. The van der Waals surface area contributed by atoms with Crippen LogP contribution in [0.5, 0.6) is 0 Å². The van der Waals surface area contributed by atoms with Crippen molar-refractivity contribution in [2.75, 3.05) is 0 Å². The standard InChI is InChI=1S/C50H36N4/c1-53-47-25-11-9-23-45(47)51-49(53)35-27-29-41(43(31-35)33-15-5-3-6-16-33)39-21-13-20-38-37(39)19-14-22-40(38)42-30-28-36(32-44(42)34-17-7-4-8-18-34)50-52-46-24-10-12-26-48(46)54(50)2/h3-32H,1-2H3. The molecular formula is C50H36N4. The molecule has 0 aliphatic rings. The molecule has 0 fully saturated rings. The number of fused-ring (bicyclic) bond motifs is 3. The lowest BCUT2D eigenvalue weighted by Gasteiger charge is -2.18. The minimum atomic E-state index is 0.954. The molecule has 0 unspecified atom stereocenters. The fraction of sp³-hybridized carbons (Fsp3) is 0.0400. The third-order valence-corrected chi connectivity index (χ3v) is 10.8. The van der Waals surface area contributed by atoms with Crippen LogP contribution in [0, 0.1) is 0 Å². The average molecular weight is 693 g/mol. The van der Waals surface area contributed by atoms with Gasteiger partial charge >= 0.3 is 0 Å². The Labute approximate surface area is 314 Å². The normalized spacial score (nSPS) is 11.5. The van der Waals surface area contributed by atoms with Gasteiger partial charge in [-0.15, -0.1) is 0 Å². The van der Waals surface area contributed by atoms with Gasteiger partial charge in [0.1, 0.15) is 11.6 Å². The SMILES string of the molecule is Cn1c(-c2ccc(-c3cccc4c(-c5ccc(-c6nc7ccccc7n6C)cc5-c5ccccc5)cccc34)c(-c3ccccc3)c2)nc2ccccc21. The van der Waals surface area contributed by atoms with Crippen LogP contribution in [0.4, 0.5) is 0 Å². The van der Waals surface area contributed by atoms with Crippen molar-refractivity contribution in [3.63, 3.8) is 0 Å². The summed E-state index contributed by atoms with van der Waals surface area (Å²) in [7, 11) is 4.20. The highest BCUT2D eigenvalue weighted by molar-refractivity contribution is 6.08. The van der Waals surface area contributed by atoms with E-state index in [4.69, 9.17) is 9.97 Å². The molecule has 4 nitrogen and oxygen atoms in total. The van der Waals surface area contributed by atoms with Crippen LogP contribution in [0.25, 0.3) is 100 Å². The number of para-hydroxylation sites is 4. The van der Waals surface area contributed by atoms with Gasteiger partial charge in [-0.2, -0.15) is 0 Å². The maximum Gasteiger partial charge on any atom is 0.140 e. The van der Waals surface area contributed by atoms with Crippen molar-refractivity contribution < 1.29 is 0 Å². The summed E-state index contributed by atoms with van der Waals surface area (Å²) in [6.07, 6.45) is 0. The highest BCUT2D eigenvalue weighted by Crippen LogP contribution is 2.43. The van der Waals surface area contributed by atoms with Crippen LogP contribution in [0.15, 0.2) is 182 Å². The summed E-state index contributed by atoms with van der Waals surface area (Å²) < 4.78 is 4.38. The lowest BCUT2D eigenvalue weighted by Crippen LogP contribution is -1.95. The third-order valence-electron chi connectivity index (χ3n) is 10.8. The molecule has 0 amide bonds. The van der Waals surface area contributed by atoms with E-state index in [9.17, 15) is 0 Å². The number of aromatic nitrogens is 4. The largest absolute Gasteiger partial charge is 0.327 e. The molecular weight excluding hydrogens is 657 g/mol. The molecule has 0 bridgehead atoms. The zero-order chi connectivity index (χ0) is 36.2. The minimum Gasteiger partial charge on any atom is -0.327 e. The van der Waals surface area contributed by atoms with Gasteiger partial charge in [0.15, 0.2) is 0 Å². The fourth-order valence-corrected chi connectivity index (χ4v) is 8.14. The predicted molar refractivity (Wildman–Crippen MR) is 225 cm³/mol. The first-order valence-electron chi connectivity index (χ1n) is 18.4. The van der Waals surface area contributed by atoms with Gasteiger partial charge in [-0.3, -0.25) is 0 Å². The first-order chi connectivity index (χ1) is 26.6. The van der Waals surface area contributed by atoms with Crippen molar-refractivity contribution in [2.24, 2.45) is 14.1 Å². The monoisotopic (exact) mass is 692 g/mol. The van der Waals surface area contributed by atoms with Gasteiger partial charge in [0.25, 0.3) is 0 Å². The van der Waals surface area contributed by atoms with E-state index in [-0.39, 0.29) is 0 Å². The molecule has 0 aliphatic heterocycles. The van der Waals surface area contributed by atoms with Crippen LogP contribution in [0.3, 0.4) is 0 Å². The van der Waals surface area contributed by atoms with Crippen LogP contribution in [0.2, 0.25) is 0 Å². The second-order valence-electron chi connectivity index (χ2n) is 13.9. The molecule has 0 saturated carbocycles. The molecule has 0 saturated heterocycles. The quantitative estimate of drug-likeness (QED) is 0.174. The van der Waals surface area contributed by atoms with E-state index in [0.717, 1.165) is 44.8 Å². The number of aryl methyl sites for hydroxylation is 2. The number of hydrogen-bond acceptors (Lipinski definition) is 2. The van der Waals surface area contributed by atoms with Gasteiger partial charge in [0.2, 0.25) is 0 Å². The summed E-state index contributed by atoms with van der Waals surface area (Å²) >= 11 is 0. The Kier molecular flexibility index (Phi) is 7.55. The van der Waals surface area contributed by atoms with Crippen LogP contribution < -0.4 is 0 Å². The van der Waals surface area contributed by atoms with Crippen LogP contribution in [-0.4, -0.2) is 19.1 Å². The van der Waals surface area contributed by atoms with Crippen LogP contribution >= 0.6 is 0 Å². The number of rotatable bonds is 6. The smallest absolute Gasteiger partial charge is 0.140 e. The number of hydrogen-bond donors (Lipinski definition) is 0. The molecule has 0 spiro atoms. The van der Waals surface area contributed by atoms with Gasteiger partial charge in [0.05, 0.1) is 22.1 Å². The average Bonchev–Trinajstić information content (AvgIpc) is 3.76. The lowest BCUT2D eigenvalue weighted by atomic mass is 9.86. The Morgan fingerprint density at radius 2 is 0.722 bits per heavy atom. The minimum absolute atomic E-state index is 0.954.